The van der Waals surface area contributed by atoms with Gasteiger partial charge in [0, 0.05) is 17.2 Å². The van der Waals surface area contributed by atoms with Gasteiger partial charge in [-0.3, -0.25) is 9.59 Å². The van der Waals surface area contributed by atoms with Crippen molar-refractivity contribution in [2.24, 2.45) is 0 Å². The minimum Gasteiger partial charge on any atom is -0.495 e. The number of thiazole rings is 1. The lowest BCUT2D eigenvalue weighted by molar-refractivity contribution is -0.153. The molecule has 9 heteroatoms. The second-order valence-corrected chi connectivity index (χ2v) is 9.17. The highest BCUT2D eigenvalue weighted by molar-refractivity contribution is 8.01. The second-order valence-electron chi connectivity index (χ2n) is 6.37. The third-order valence-electron chi connectivity index (χ3n) is 4.12. The predicted octanol–water partition coefficient (Wildman–Crippen LogP) is 5.40. The lowest BCUT2D eigenvalue weighted by atomic mass is 10.2. The first-order chi connectivity index (χ1) is 14.5. The van der Waals surface area contributed by atoms with Crippen molar-refractivity contribution in [1.82, 2.24) is 4.98 Å². The summed E-state index contributed by atoms with van der Waals surface area (Å²) in [6, 6.07) is 12.9. The first kappa shape index (κ1) is 22.4. The summed E-state index contributed by atoms with van der Waals surface area (Å²) in [6.07, 6.45) is -0.0654. The summed E-state index contributed by atoms with van der Waals surface area (Å²) in [7, 11) is 1.49. The summed E-state index contributed by atoms with van der Waals surface area (Å²) in [4.78, 5) is 29.0. The van der Waals surface area contributed by atoms with Gasteiger partial charge in [-0.2, -0.15) is 0 Å². The monoisotopic (exact) mass is 464 g/mol. The molecular formula is C21H21ClN2O4S2. The Balaban J connectivity index is 1.41. The predicted molar refractivity (Wildman–Crippen MR) is 122 cm³/mol. The number of rotatable bonds is 9. The minimum absolute atomic E-state index is 0.232. The van der Waals surface area contributed by atoms with E-state index in [1.165, 1.54) is 14.0 Å². The maximum atomic E-state index is 12.3. The van der Waals surface area contributed by atoms with Crippen LogP contribution in [0.25, 0.3) is 10.2 Å². The van der Waals surface area contributed by atoms with Crippen LogP contribution < -0.4 is 10.1 Å². The number of para-hydroxylation sites is 1. The third kappa shape index (κ3) is 6.10. The van der Waals surface area contributed by atoms with Crippen LogP contribution in [0.15, 0.2) is 46.8 Å². The van der Waals surface area contributed by atoms with E-state index in [0.29, 0.717) is 22.9 Å². The topological polar surface area (TPSA) is 77.5 Å². The van der Waals surface area contributed by atoms with Crippen molar-refractivity contribution >= 4 is 62.5 Å². The summed E-state index contributed by atoms with van der Waals surface area (Å²) in [5.41, 5.74) is 1.41. The molecule has 0 bridgehead atoms. The fourth-order valence-electron chi connectivity index (χ4n) is 2.61. The number of nitrogens with zero attached hydrogens (tertiary/aromatic N) is 1. The van der Waals surface area contributed by atoms with Gasteiger partial charge in [0.2, 0.25) is 0 Å². The van der Waals surface area contributed by atoms with E-state index in [2.05, 4.69) is 10.3 Å². The molecule has 30 heavy (non-hydrogen) atoms. The molecule has 2 aromatic carbocycles. The van der Waals surface area contributed by atoms with E-state index < -0.39 is 18.0 Å². The number of esters is 1. The number of thioether (sulfide) groups is 1. The molecule has 3 aromatic rings. The molecule has 1 amide bonds. The molecule has 0 aliphatic heterocycles. The van der Waals surface area contributed by atoms with Gasteiger partial charge >= 0.3 is 5.97 Å². The lowest BCUT2D eigenvalue weighted by Crippen LogP contribution is -2.30. The molecule has 0 fully saturated rings. The van der Waals surface area contributed by atoms with Crippen LogP contribution in [0.5, 0.6) is 5.75 Å². The van der Waals surface area contributed by atoms with Gasteiger partial charge in [-0.1, -0.05) is 35.5 Å². The standard InChI is InChI=1S/C21H21ClN2O4S2/c1-13(20(26)23-16-12-14(22)9-10-17(16)27-2)28-19(25)8-5-11-29-21-24-15-6-3-4-7-18(15)30-21/h3-4,6-7,9-10,12-13H,5,8,11H2,1-2H3,(H,23,26). The molecule has 1 unspecified atom stereocenters. The van der Waals surface area contributed by atoms with Crippen LogP contribution in [0, 0.1) is 0 Å². The molecule has 3 rings (SSSR count). The molecule has 1 aromatic heterocycles. The number of fused-ring (bicyclic) bond motifs is 1. The zero-order valence-electron chi connectivity index (χ0n) is 16.5. The van der Waals surface area contributed by atoms with E-state index in [1.54, 1.807) is 41.3 Å². The van der Waals surface area contributed by atoms with Crippen LogP contribution in [0.3, 0.4) is 0 Å². The number of ether oxygens (including phenoxy) is 2. The molecule has 0 spiro atoms. The van der Waals surface area contributed by atoms with E-state index in [9.17, 15) is 9.59 Å². The first-order valence-electron chi connectivity index (χ1n) is 9.28. The quantitative estimate of drug-likeness (QED) is 0.259. The van der Waals surface area contributed by atoms with E-state index in [1.807, 2.05) is 24.3 Å². The van der Waals surface area contributed by atoms with Crippen LogP contribution in [-0.2, 0) is 14.3 Å². The molecule has 1 heterocycles. The van der Waals surface area contributed by atoms with Crippen LogP contribution in [0.2, 0.25) is 5.02 Å². The Morgan fingerprint density at radius 3 is 2.83 bits per heavy atom. The lowest BCUT2D eigenvalue weighted by Gasteiger charge is -2.15. The Morgan fingerprint density at radius 1 is 1.27 bits per heavy atom. The zero-order chi connectivity index (χ0) is 21.5. The molecule has 0 aliphatic rings. The van der Waals surface area contributed by atoms with Crippen LogP contribution >= 0.6 is 34.7 Å². The number of benzene rings is 2. The van der Waals surface area contributed by atoms with Crippen molar-refractivity contribution in [1.29, 1.82) is 0 Å². The fraction of sp³-hybridized carbons (Fsp3) is 0.286. The van der Waals surface area contributed by atoms with E-state index in [4.69, 9.17) is 21.1 Å². The number of carbonyl (C=O) groups is 2. The van der Waals surface area contributed by atoms with Crippen molar-refractivity contribution in [3.63, 3.8) is 0 Å². The minimum atomic E-state index is -0.932. The average molecular weight is 465 g/mol. The number of methoxy groups -OCH3 is 1. The number of amides is 1. The first-order valence-corrected chi connectivity index (χ1v) is 11.5. The Bertz CT molecular complexity index is 1010. The van der Waals surface area contributed by atoms with Crippen molar-refractivity contribution in [3.8, 4) is 5.75 Å². The molecule has 0 saturated heterocycles. The number of halogens is 1. The number of hydrogen-bond donors (Lipinski definition) is 1. The van der Waals surface area contributed by atoms with Crippen molar-refractivity contribution in [2.75, 3.05) is 18.2 Å². The Hall–Kier alpha value is -2.29. The molecule has 0 radical (unpaired) electrons. The van der Waals surface area contributed by atoms with Crippen molar-refractivity contribution in [3.05, 3.63) is 47.5 Å². The third-order valence-corrected chi connectivity index (χ3v) is 6.62. The molecular weight excluding hydrogens is 444 g/mol. The summed E-state index contributed by atoms with van der Waals surface area (Å²) < 4.78 is 12.6. The molecule has 0 saturated carbocycles. The highest BCUT2D eigenvalue weighted by Crippen LogP contribution is 2.30. The van der Waals surface area contributed by atoms with Crippen molar-refractivity contribution in [2.45, 2.75) is 30.2 Å². The summed E-state index contributed by atoms with van der Waals surface area (Å²) in [6.45, 7) is 1.53. The largest absolute Gasteiger partial charge is 0.495 e. The molecule has 1 atom stereocenters. The number of hydrogen-bond acceptors (Lipinski definition) is 7. The Kier molecular flexibility index (Phi) is 7.95. The van der Waals surface area contributed by atoms with Gasteiger partial charge in [0.05, 0.1) is 23.0 Å². The smallest absolute Gasteiger partial charge is 0.306 e. The number of anilines is 1. The van der Waals surface area contributed by atoms with Crippen LogP contribution in [0.4, 0.5) is 5.69 Å². The van der Waals surface area contributed by atoms with E-state index in [0.717, 1.165) is 20.3 Å². The maximum Gasteiger partial charge on any atom is 0.306 e. The maximum absolute atomic E-state index is 12.3. The van der Waals surface area contributed by atoms with Crippen molar-refractivity contribution < 1.29 is 19.1 Å². The molecule has 6 nitrogen and oxygen atoms in total. The normalized spacial score (nSPS) is 11.8. The SMILES string of the molecule is COc1ccc(Cl)cc1NC(=O)C(C)OC(=O)CCCSc1nc2ccccc2s1. The second kappa shape index (κ2) is 10.7. The number of nitrogens with one attached hydrogen (secondary N) is 1. The van der Waals surface area contributed by atoms with Gasteiger partial charge in [-0.25, -0.2) is 4.98 Å². The highest BCUT2D eigenvalue weighted by atomic mass is 35.5. The molecule has 158 valence electrons. The van der Waals surface area contributed by atoms with E-state index >= 15 is 0 Å². The van der Waals surface area contributed by atoms with Gasteiger partial charge in [0.1, 0.15) is 5.75 Å². The van der Waals surface area contributed by atoms with Gasteiger partial charge in [0.15, 0.2) is 10.4 Å². The number of carbonyl (C=O) groups excluding carboxylic acids is 2. The Morgan fingerprint density at radius 2 is 2.07 bits per heavy atom. The Labute approximate surface area is 187 Å². The van der Waals surface area contributed by atoms with Crippen LogP contribution in [0.1, 0.15) is 19.8 Å². The average Bonchev–Trinajstić information content (AvgIpc) is 3.14. The molecule has 0 aliphatic carbocycles. The van der Waals surface area contributed by atoms with Gasteiger partial charge in [0.25, 0.3) is 5.91 Å². The number of aromatic nitrogens is 1. The summed E-state index contributed by atoms with van der Waals surface area (Å²) >= 11 is 9.21. The summed E-state index contributed by atoms with van der Waals surface area (Å²) in [5, 5.41) is 3.13. The zero-order valence-corrected chi connectivity index (χ0v) is 18.9. The fourth-order valence-corrected chi connectivity index (χ4v) is 4.86. The van der Waals surface area contributed by atoms with Gasteiger partial charge < -0.3 is 14.8 Å². The van der Waals surface area contributed by atoms with E-state index in [-0.39, 0.29) is 6.42 Å². The van der Waals surface area contributed by atoms with Gasteiger partial charge in [-0.05, 0) is 43.7 Å². The molecule has 1 N–H and O–H groups in total. The summed E-state index contributed by atoms with van der Waals surface area (Å²) in [5.74, 6) is 0.349. The van der Waals surface area contributed by atoms with Crippen LogP contribution in [-0.4, -0.2) is 35.8 Å². The highest BCUT2D eigenvalue weighted by Gasteiger charge is 2.19. The van der Waals surface area contributed by atoms with Gasteiger partial charge in [-0.15, -0.1) is 11.3 Å².